The molecule has 0 aliphatic rings. The van der Waals surface area contributed by atoms with Gasteiger partial charge < -0.3 is 5.73 Å². The Labute approximate surface area is 107 Å². The van der Waals surface area contributed by atoms with E-state index in [1.165, 1.54) is 16.1 Å². The van der Waals surface area contributed by atoms with Crippen LogP contribution in [-0.4, -0.2) is 11.0 Å². The molecule has 2 aromatic rings. The molecule has 0 aliphatic heterocycles. The van der Waals surface area contributed by atoms with Crippen molar-refractivity contribution < 1.29 is 0 Å². The summed E-state index contributed by atoms with van der Waals surface area (Å²) in [6.07, 6.45) is 1.98. The van der Waals surface area contributed by atoms with Crippen LogP contribution < -0.4 is 5.73 Å². The molecule has 0 fully saturated rings. The van der Waals surface area contributed by atoms with Crippen LogP contribution in [0.2, 0.25) is 0 Å². The van der Waals surface area contributed by atoms with Gasteiger partial charge in [0.1, 0.15) is 0 Å². The van der Waals surface area contributed by atoms with Crippen molar-refractivity contribution in [2.45, 2.75) is 32.7 Å². The number of hydrogen-bond acceptors (Lipinski definition) is 3. The van der Waals surface area contributed by atoms with Crippen LogP contribution in [0.5, 0.6) is 0 Å². The third-order valence-corrected chi connectivity index (χ3v) is 3.59. The van der Waals surface area contributed by atoms with E-state index in [2.05, 4.69) is 41.6 Å². The number of nitrogens with zero attached hydrogens (tertiary/aromatic N) is 1. The monoisotopic (exact) mass is 246 g/mol. The Kier molecular flexibility index (Phi) is 3.92. The smallest absolute Gasteiger partial charge is 0.0933 e. The van der Waals surface area contributed by atoms with Gasteiger partial charge >= 0.3 is 0 Å². The molecule has 1 aromatic carbocycles. The maximum Gasteiger partial charge on any atom is 0.0933 e. The molecule has 1 atom stereocenters. The first-order chi connectivity index (χ1) is 8.15. The van der Waals surface area contributed by atoms with Crippen molar-refractivity contribution in [3.8, 4) is 11.3 Å². The predicted molar refractivity (Wildman–Crippen MR) is 74.3 cm³/mol. The molecule has 3 heteroatoms. The molecule has 0 saturated carbocycles. The van der Waals surface area contributed by atoms with Gasteiger partial charge in [-0.15, -0.1) is 11.3 Å². The van der Waals surface area contributed by atoms with Crippen molar-refractivity contribution in [2.24, 2.45) is 5.73 Å². The van der Waals surface area contributed by atoms with E-state index < -0.39 is 0 Å². The highest BCUT2D eigenvalue weighted by Gasteiger charge is 2.05. The van der Waals surface area contributed by atoms with Crippen LogP contribution in [0.25, 0.3) is 11.3 Å². The Morgan fingerprint density at radius 1 is 1.41 bits per heavy atom. The molecule has 0 amide bonds. The van der Waals surface area contributed by atoms with Gasteiger partial charge in [0.25, 0.3) is 0 Å². The van der Waals surface area contributed by atoms with E-state index in [0.717, 1.165) is 18.5 Å². The van der Waals surface area contributed by atoms with Gasteiger partial charge in [0.05, 0.1) is 10.7 Å². The Bertz CT molecular complexity index is 488. The lowest BCUT2D eigenvalue weighted by Gasteiger charge is -2.01. The second-order valence-electron chi connectivity index (χ2n) is 4.51. The summed E-state index contributed by atoms with van der Waals surface area (Å²) in [4.78, 5) is 4.66. The van der Waals surface area contributed by atoms with Crippen LogP contribution in [-0.2, 0) is 6.42 Å². The molecule has 90 valence electrons. The van der Waals surface area contributed by atoms with Gasteiger partial charge in [0, 0.05) is 23.4 Å². The Balaban J connectivity index is 2.12. The summed E-state index contributed by atoms with van der Waals surface area (Å²) in [6.45, 7) is 4.14. The van der Waals surface area contributed by atoms with Crippen LogP contribution in [0, 0.1) is 6.92 Å². The lowest BCUT2D eigenvalue weighted by Crippen LogP contribution is -2.15. The lowest BCUT2D eigenvalue weighted by molar-refractivity contribution is 0.664. The lowest BCUT2D eigenvalue weighted by atomic mass is 10.1. The van der Waals surface area contributed by atoms with Gasteiger partial charge in [0.2, 0.25) is 0 Å². The van der Waals surface area contributed by atoms with E-state index in [0.29, 0.717) is 0 Å². The van der Waals surface area contributed by atoms with Crippen molar-refractivity contribution in [2.75, 3.05) is 0 Å². The number of thiazole rings is 1. The molecule has 0 bridgehead atoms. The molecule has 0 saturated heterocycles. The van der Waals surface area contributed by atoms with Crippen molar-refractivity contribution in [3.05, 3.63) is 40.2 Å². The van der Waals surface area contributed by atoms with Crippen molar-refractivity contribution >= 4 is 11.3 Å². The largest absolute Gasteiger partial charge is 0.328 e. The topological polar surface area (TPSA) is 38.9 Å². The third kappa shape index (κ3) is 3.38. The standard InChI is InChI=1S/C14H18N2S/c1-10-4-3-5-12(8-10)13-9-17-14(16-13)7-6-11(2)15/h3-5,8-9,11H,6-7,15H2,1-2H3. The molecule has 0 spiro atoms. The summed E-state index contributed by atoms with van der Waals surface area (Å²) >= 11 is 1.73. The van der Waals surface area contributed by atoms with E-state index in [4.69, 9.17) is 5.73 Å². The molecule has 1 aromatic heterocycles. The summed E-state index contributed by atoms with van der Waals surface area (Å²) in [6, 6.07) is 8.71. The fourth-order valence-corrected chi connectivity index (χ4v) is 2.54. The zero-order chi connectivity index (χ0) is 12.3. The minimum Gasteiger partial charge on any atom is -0.328 e. The van der Waals surface area contributed by atoms with Crippen LogP contribution in [0.1, 0.15) is 23.9 Å². The molecule has 1 unspecified atom stereocenters. The minimum absolute atomic E-state index is 0.251. The highest BCUT2D eigenvalue weighted by atomic mass is 32.1. The van der Waals surface area contributed by atoms with Gasteiger partial charge in [0.15, 0.2) is 0 Å². The van der Waals surface area contributed by atoms with E-state index in [9.17, 15) is 0 Å². The number of nitrogens with two attached hydrogens (primary N) is 1. The predicted octanol–water partition coefficient (Wildman–Crippen LogP) is 3.40. The Morgan fingerprint density at radius 3 is 2.94 bits per heavy atom. The molecule has 2 nitrogen and oxygen atoms in total. The van der Waals surface area contributed by atoms with Gasteiger partial charge in [-0.3, -0.25) is 0 Å². The van der Waals surface area contributed by atoms with Crippen LogP contribution in [0.4, 0.5) is 0 Å². The molecule has 0 radical (unpaired) electrons. The van der Waals surface area contributed by atoms with E-state index >= 15 is 0 Å². The molecular formula is C14H18N2S. The normalized spacial score (nSPS) is 12.6. The van der Waals surface area contributed by atoms with Crippen molar-refractivity contribution in [1.29, 1.82) is 0 Å². The van der Waals surface area contributed by atoms with Gasteiger partial charge in [-0.1, -0.05) is 23.8 Å². The fourth-order valence-electron chi connectivity index (χ4n) is 1.71. The average Bonchev–Trinajstić information content (AvgIpc) is 2.75. The molecule has 0 aliphatic carbocycles. The molecular weight excluding hydrogens is 228 g/mol. The van der Waals surface area contributed by atoms with Crippen LogP contribution in [0.15, 0.2) is 29.6 Å². The van der Waals surface area contributed by atoms with Crippen LogP contribution >= 0.6 is 11.3 Å². The molecule has 17 heavy (non-hydrogen) atoms. The zero-order valence-electron chi connectivity index (χ0n) is 10.3. The SMILES string of the molecule is Cc1cccc(-c2csc(CCC(C)N)n2)c1. The Hall–Kier alpha value is -1.19. The third-order valence-electron chi connectivity index (χ3n) is 2.68. The van der Waals surface area contributed by atoms with Crippen molar-refractivity contribution in [3.63, 3.8) is 0 Å². The quantitative estimate of drug-likeness (QED) is 0.898. The Morgan fingerprint density at radius 2 is 2.24 bits per heavy atom. The van der Waals surface area contributed by atoms with E-state index in [1.54, 1.807) is 11.3 Å². The van der Waals surface area contributed by atoms with Crippen LogP contribution in [0.3, 0.4) is 0 Å². The minimum atomic E-state index is 0.251. The highest BCUT2D eigenvalue weighted by molar-refractivity contribution is 7.09. The first kappa shape index (κ1) is 12.3. The molecule has 2 N–H and O–H groups in total. The molecule has 2 rings (SSSR count). The summed E-state index contributed by atoms with van der Waals surface area (Å²) in [7, 11) is 0. The first-order valence-electron chi connectivity index (χ1n) is 5.92. The maximum atomic E-state index is 5.75. The number of aryl methyl sites for hydroxylation is 2. The van der Waals surface area contributed by atoms with E-state index in [1.807, 2.05) is 6.92 Å². The van der Waals surface area contributed by atoms with Crippen molar-refractivity contribution in [1.82, 2.24) is 4.98 Å². The van der Waals surface area contributed by atoms with Gasteiger partial charge in [-0.25, -0.2) is 4.98 Å². The summed E-state index contributed by atoms with van der Waals surface area (Å²) < 4.78 is 0. The summed E-state index contributed by atoms with van der Waals surface area (Å²) in [5.41, 5.74) is 9.31. The number of aromatic nitrogens is 1. The summed E-state index contributed by atoms with van der Waals surface area (Å²) in [5.74, 6) is 0. The second-order valence-corrected chi connectivity index (χ2v) is 5.45. The zero-order valence-corrected chi connectivity index (χ0v) is 11.1. The summed E-state index contributed by atoms with van der Waals surface area (Å²) in [5, 5.41) is 3.31. The number of benzene rings is 1. The fraction of sp³-hybridized carbons (Fsp3) is 0.357. The average molecular weight is 246 g/mol. The highest BCUT2D eigenvalue weighted by Crippen LogP contribution is 2.23. The van der Waals surface area contributed by atoms with E-state index in [-0.39, 0.29) is 6.04 Å². The second kappa shape index (κ2) is 5.43. The number of hydrogen-bond donors (Lipinski definition) is 1. The first-order valence-corrected chi connectivity index (χ1v) is 6.80. The number of rotatable bonds is 4. The molecule has 1 heterocycles. The maximum absolute atomic E-state index is 5.75. The van der Waals surface area contributed by atoms with Gasteiger partial charge in [-0.05, 0) is 26.3 Å². The van der Waals surface area contributed by atoms with Gasteiger partial charge in [-0.2, -0.15) is 0 Å².